The van der Waals surface area contributed by atoms with E-state index in [0.717, 1.165) is 5.56 Å². The highest BCUT2D eigenvalue weighted by atomic mass is 35.5. The van der Waals surface area contributed by atoms with Gasteiger partial charge in [0.25, 0.3) is 5.91 Å². The number of carbonyl (C=O) groups excluding carboxylic acids is 1. The van der Waals surface area contributed by atoms with Gasteiger partial charge in [-0.3, -0.25) is 4.79 Å². The number of thioether (sulfide) groups is 1. The normalized spacial score (nSPS) is 11.4. The van der Waals surface area contributed by atoms with Crippen molar-refractivity contribution in [2.24, 2.45) is 5.14 Å². The lowest BCUT2D eigenvalue weighted by molar-refractivity contribution is 0.0948. The van der Waals surface area contributed by atoms with Gasteiger partial charge in [-0.05, 0) is 54.4 Å². The van der Waals surface area contributed by atoms with Crippen molar-refractivity contribution in [3.63, 3.8) is 0 Å². The number of hydrogen-bond acceptors (Lipinski definition) is 8. The van der Waals surface area contributed by atoms with Crippen molar-refractivity contribution in [3.8, 4) is 5.69 Å². The smallest absolute Gasteiger partial charge is 0.273 e. The molecule has 0 fully saturated rings. The molecule has 13 heteroatoms. The van der Waals surface area contributed by atoms with Crippen LogP contribution in [0, 0.1) is 0 Å². The SMILES string of the molecule is NS(=O)(=O)c1ccc(CCNC(=O)c2nnn(-c3ccc(Cl)cc3)c2CSc2ncccn2)cc1. The van der Waals surface area contributed by atoms with Crippen LogP contribution in [0.1, 0.15) is 21.7 Å². The van der Waals surface area contributed by atoms with Crippen molar-refractivity contribution >= 4 is 39.3 Å². The summed E-state index contributed by atoms with van der Waals surface area (Å²) in [6, 6.07) is 15.0. The summed E-state index contributed by atoms with van der Waals surface area (Å²) in [6.07, 6.45) is 3.78. The Balaban J connectivity index is 1.49. The van der Waals surface area contributed by atoms with E-state index in [1.807, 2.05) is 0 Å². The Morgan fingerprint density at radius 1 is 1.06 bits per heavy atom. The first kappa shape index (κ1) is 24.8. The number of halogens is 1. The molecule has 2 heterocycles. The van der Waals surface area contributed by atoms with Gasteiger partial charge in [-0.2, -0.15) is 0 Å². The summed E-state index contributed by atoms with van der Waals surface area (Å²) in [7, 11) is -3.75. The molecular weight excluding hydrogens is 510 g/mol. The number of carbonyl (C=O) groups is 1. The van der Waals surface area contributed by atoms with Crippen LogP contribution in [0.3, 0.4) is 0 Å². The number of sulfonamides is 1. The molecule has 0 aliphatic heterocycles. The van der Waals surface area contributed by atoms with Gasteiger partial charge < -0.3 is 5.32 Å². The molecule has 1 amide bonds. The third-order valence-electron chi connectivity index (χ3n) is 4.88. The zero-order valence-electron chi connectivity index (χ0n) is 18.2. The zero-order chi connectivity index (χ0) is 24.8. The van der Waals surface area contributed by atoms with Crippen molar-refractivity contribution in [2.75, 3.05) is 6.54 Å². The molecule has 0 aliphatic carbocycles. The predicted molar refractivity (Wildman–Crippen MR) is 132 cm³/mol. The first-order valence-corrected chi connectivity index (χ1v) is 13.2. The monoisotopic (exact) mass is 529 g/mol. The fraction of sp³-hybridized carbons (Fsp3) is 0.136. The summed E-state index contributed by atoms with van der Waals surface area (Å²) in [6.45, 7) is 0.315. The maximum Gasteiger partial charge on any atom is 0.273 e. The number of rotatable bonds is 9. The molecular formula is C22H20ClN7O3S2. The topological polar surface area (TPSA) is 146 Å². The number of benzene rings is 2. The number of amides is 1. The third-order valence-corrected chi connectivity index (χ3v) is 6.95. The van der Waals surface area contributed by atoms with Gasteiger partial charge in [0.2, 0.25) is 10.0 Å². The molecule has 0 radical (unpaired) electrons. The van der Waals surface area contributed by atoms with E-state index in [2.05, 4.69) is 25.6 Å². The van der Waals surface area contributed by atoms with Gasteiger partial charge in [0.15, 0.2) is 10.9 Å². The highest BCUT2D eigenvalue weighted by Crippen LogP contribution is 2.23. The Labute approximate surface area is 211 Å². The van der Waals surface area contributed by atoms with Gasteiger partial charge in [-0.1, -0.05) is 40.7 Å². The van der Waals surface area contributed by atoms with E-state index in [1.54, 1.807) is 59.5 Å². The summed E-state index contributed by atoms with van der Waals surface area (Å²) in [5, 5.41) is 17.4. The fourth-order valence-corrected chi connectivity index (χ4v) is 4.58. The van der Waals surface area contributed by atoms with E-state index in [4.69, 9.17) is 16.7 Å². The Morgan fingerprint density at radius 2 is 1.74 bits per heavy atom. The fourth-order valence-electron chi connectivity index (χ4n) is 3.14. The molecule has 3 N–H and O–H groups in total. The quantitative estimate of drug-likeness (QED) is 0.248. The van der Waals surface area contributed by atoms with Gasteiger partial charge in [0, 0.05) is 29.7 Å². The average Bonchev–Trinajstić information content (AvgIpc) is 3.27. The van der Waals surface area contributed by atoms with Crippen molar-refractivity contribution in [3.05, 3.63) is 89.0 Å². The number of nitrogens with one attached hydrogen (secondary N) is 1. The first-order chi connectivity index (χ1) is 16.8. The Kier molecular flexibility index (Phi) is 7.76. The van der Waals surface area contributed by atoms with Crippen molar-refractivity contribution in [1.29, 1.82) is 0 Å². The minimum atomic E-state index is -3.75. The standard InChI is InChI=1S/C22H20ClN7O3S2/c23-16-4-6-17(7-5-16)30-19(14-34-22-26-11-1-12-27-22)20(28-29-30)21(31)25-13-10-15-2-8-18(9-3-15)35(24,32)33/h1-9,11-12H,10,13-14H2,(H,25,31)(H2,24,32,33). The molecule has 0 spiro atoms. The van der Waals surface area contributed by atoms with Crippen LogP contribution < -0.4 is 10.5 Å². The van der Waals surface area contributed by atoms with Crippen molar-refractivity contribution in [1.82, 2.24) is 30.3 Å². The second kappa shape index (κ2) is 11.0. The number of primary sulfonamides is 1. The molecule has 0 bridgehead atoms. The molecule has 2 aromatic heterocycles. The molecule has 4 aromatic rings. The molecule has 35 heavy (non-hydrogen) atoms. The summed E-state index contributed by atoms with van der Waals surface area (Å²) in [4.78, 5) is 21.4. The van der Waals surface area contributed by atoms with Crippen LogP contribution in [0.15, 0.2) is 77.0 Å². The van der Waals surface area contributed by atoms with Crippen molar-refractivity contribution in [2.45, 2.75) is 22.2 Å². The van der Waals surface area contributed by atoms with Crippen LogP contribution in [-0.4, -0.2) is 45.8 Å². The van der Waals surface area contributed by atoms with Crippen LogP contribution in [-0.2, 0) is 22.2 Å². The molecule has 0 atom stereocenters. The van der Waals surface area contributed by atoms with Gasteiger partial charge in [0.05, 0.1) is 16.3 Å². The van der Waals surface area contributed by atoms with Crippen molar-refractivity contribution < 1.29 is 13.2 Å². The molecule has 10 nitrogen and oxygen atoms in total. The predicted octanol–water partition coefficient (Wildman–Crippen LogP) is 2.62. The van der Waals surface area contributed by atoms with E-state index < -0.39 is 10.0 Å². The summed E-state index contributed by atoms with van der Waals surface area (Å²) in [5.74, 6) is -0.0202. The number of aromatic nitrogens is 5. The molecule has 2 aromatic carbocycles. The van der Waals surface area contributed by atoms with Crippen LogP contribution in [0.2, 0.25) is 5.02 Å². The maximum absolute atomic E-state index is 13.0. The molecule has 180 valence electrons. The second-order valence-electron chi connectivity index (χ2n) is 7.29. The average molecular weight is 530 g/mol. The summed E-state index contributed by atoms with van der Waals surface area (Å²) in [5.41, 5.74) is 2.33. The summed E-state index contributed by atoms with van der Waals surface area (Å²) < 4.78 is 24.4. The van der Waals surface area contributed by atoms with E-state index >= 15 is 0 Å². The maximum atomic E-state index is 13.0. The van der Waals surface area contributed by atoms with Gasteiger partial charge in [-0.25, -0.2) is 28.2 Å². The highest BCUT2D eigenvalue weighted by molar-refractivity contribution is 7.98. The minimum absolute atomic E-state index is 0.0358. The first-order valence-electron chi connectivity index (χ1n) is 10.3. The Morgan fingerprint density at radius 3 is 2.40 bits per heavy atom. The summed E-state index contributed by atoms with van der Waals surface area (Å²) >= 11 is 7.37. The van der Waals surface area contributed by atoms with Crippen LogP contribution in [0.25, 0.3) is 5.69 Å². The Bertz CT molecular complexity index is 1410. The second-order valence-corrected chi connectivity index (χ2v) is 10.2. The van der Waals surface area contributed by atoms with Crippen LogP contribution in [0.5, 0.6) is 0 Å². The van der Waals surface area contributed by atoms with E-state index in [9.17, 15) is 13.2 Å². The molecule has 0 saturated heterocycles. The lowest BCUT2D eigenvalue weighted by Gasteiger charge is -2.09. The Hall–Kier alpha value is -3.32. The third kappa shape index (κ3) is 6.42. The molecule has 0 aliphatic rings. The van der Waals surface area contributed by atoms with Gasteiger partial charge in [-0.15, -0.1) is 5.10 Å². The van der Waals surface area contributed by atoms with Gasteiger partial charge in [0.1, 0.15) is 0 Å². The van der Waals surface area contributed by atoms with E-state index in [1.165, 1.54) is 23.9 Å². The highest BCUT2D eigenvalue weighted by Gasteiger charge is 2.21. The number of nitrogens with two attached hydrogens (primary N) is 1. The zero-order valence-corrected chi connectivity index (χ0v) is 20.6. The van der Waals surface area contributed by atoms with Gasteiger partial charge >= 0.3 is 0 Å². The van der Waals surface area contributed by atoms with Crippen LogP contribution in [0.4, 0.5) is 0 Å². The molecule has 0 unspecified atom stereocenters. The van der Waals surface area contributed by atoms with E-state index in [-0.39, 0.29) is 16.5 Å². The lowest BCUT2D eigenvalue weighted by atomic mass is 10.1. The number of nitrogens with zero attached hydrogens (tertiary/aromatic N) is 5. The lowest BCUT2D eigenvalue weighted by Crippen LogP contribution is -2.27. The largest absolute Gasteiger partial charge is 0.350 e. The van der Waals surface area contributed by atoms with Crippen LogP contribution >= 0.6 is 23.4 Å². The van der Waals surface area contributed by atoms with E-state index in [0.29, 0.717) is 40.3 Å². The molecule has 4 rings (SSSR count). The molecule has 0 saturated carbocycles. The number of hydrogen-bond donors (Lipinski definition) is 2. The minimum Gasteiger partial charge on any atom is -0.350 e.